The predicted molar refractivity (Wildman–Crippen MR) is 126 cm³/mol. The quantitative estimate of drug-likeness (QED) is 0.371. The number of aliphatic hydroxyl groups excluding tert-OH is 1. The minimum atomic E-state index is -0.888. The van der Waals surface area contributed by atoms with Gasteiger partial charge in [0.15, 0.2) is 23.0 Å². The number of aliphatic hydroxyl groups is 1. The smallest absolute Gasteiger partial charge is 0.290 e. The first-order chi connectivity index (χ1) is 17.0. The summed E-state index contributed by atoms with van der Waals surface area (Å²) in [4.78, 5) is 32.2. The number of aromatic nitrogens is 2. The molecule has 0 aliphatic carbocycles. The Morgan fingerprint density at radius 2 is 1.97 bits per heavy atom. The number of nitrogens with zero attached hydrogens (tertiary/aromatic N) is 3. The van der Waals surface area contributed by atoms with Crippen LogP contribution in [0.1, 0.15) is 28.6 Å². The van der Waals surface area contributed by atoms with Gasteiger partial charge in [-0.15, -0.1) is 0 Å². The van der Waals surface area contributed by atoms with E-state index >= 15 is 0 Å². The number of phenols is 1. The van der Waals surface area contributed by atoms with Crippen LogP contribution in [0.3, 0.4) is 0 Å². The maximum Gasteiger partial charge on any atom is 0.290 e. The van der Waals surface area contributed by atoms with Crippen LogP contribution >= 0.6 is 0 Å². The highest BCUT2D eigenvalue weighted by Crippen LogP contribution is 2.42. The second-order valence-electron chi connectivity index (χ2n) is 8.23. The molecule has 1 aliphatic rings. The van der Waals surface area contributed by atoms with Crippen molar-refractivity contribution in [2.75, 3.05) is 13.7 Å². The van der Waals surface area contributed by atoms with Gasteiger partial charge in [0.25, 0.3) is 5.91 Å². The number of imidazole rings is 1. The standard InChI is InChI=1S/C26H23N3O6/c1-34-20-14-17(7-8-18(20)30)23-22(24(31)21-13-16-5-2-3-6-19(16)35-21)25(32)26(33)29(23)11-4-10-28-12-9-27-15-28/h2-3,5-9,12-15,23,30,32H,4,10-11H2,1H3. The third-order valence-electron chi connectivity index (χ3n) is 6.09. The van der Waals surface area contributed by atoms with Gasteiger partial charge >= 0.3 is 0 Å². The maximum absolute atomic E-state index is 13.6. The van der Waals surface area contributed by atoms with E-state index in [4.69, 9.17) is 9.15 Å². The van der Waals surface area contributed by atoms with E-state index in [1.54, 1.807) is 42.9 Å². The molecule has 2 aromatic carbocycles. The average Bonchev–Trinajstić information content (AvgIpc) is 3.59. The van der Waals surface area contributed by atoms with Crippen LogP contribution in [0.5, 0.6) is 11.5 Å². The fourth-order valence-corrected chi connectivity index (χ4v) is 4.40. The van der Waals surface area contributed by atoms with Gasteiger partial charge in [-0.1, -0.05) is 24.3 Å². The molecule has 0 bridgehead atoms. The summed E-state index contributed by atoms with van der Waals surface area (Å²) in [6, 6.07) is 12.5. The van der Waals surface area contributed by atoms with Crippen molar-refractivity contribution in [1.82, 2.24) is 14.5 Å². The third-order valence-corrected chi connectivity index (χ3v) is 6.09. The van der Waals surface area contributed by atoms with E-state index < -0.39 is 23.5 Å². The van der Waals surface area contributed by atoms with Gasteiger partial charge in [-0.3, -0.25) is 9.59 Å². The molecule has 1 atom stereocenters. The minimum Gasteiger partial charge on any atom is -0.504 e. The lowest BCUT2D eigenvalue weighted by Crippen LogP contribution is -2.32. The number of furan rings is 1. The average molecular weight is 473 g/mol. The van der Waals surface area contributed by atoms with Crippen LogP contribution in [0.15, 0.2) is 83.0 Å². The molecule has 0 fully saturated rings. The Labute approximate surface area is 200 Å². The molecule has 9 nitrogen and oxygen atoms in total. The third kappa shape index (κ3) is 4.01. The fraction of sp³-hybridized carbons (Fsp3) is 0.192. The number of benzene rings is 2. The van der Waals surface area contributed by atoms with E-state index in [0.29, 0.717) is 24.1 Å². The lowest BCUT2D eigenvalue weighted by molar-refractivity contribution is -0.129. The number of ether oxygens (including phenoxy) is 1. The van der Waals surface area contributed by atoms with Crippen LogP contribution in [-0.4, -0.2) is 50.0 Å². The largest absolute Gasteiger partial charge is 0.504 e. The van der Waals surface area contributed by atoms with Crippen molar-refractivity contribution in [3.05, 3.63) is 89.9 Å². The Morgan fingerprint density at radius 1 is 1.14 bits per heavy atom. The molecule has 1 aliphatic heterocycles. The number of aryl methyl sites for hydroxylation is 1. The Bertz CT molecular complexity index is 1400. The number of Topliss-reactive ketones (excluding diaryl/α,β-unsaturated/α-hetero) is 1. The molecule has 0 spiro atoms. The van der Waals surface area contributed by atoms with Gasteiger partial charge in [-0.05, 0) is 36.2 Å². The zero-order valence-corrected chi connectivity index (χ0v) is 18.9. The number of hydrogen-bond donors (Lipinski definition) is 2. The van der Waals surface area contributed by atoms with E-state index in [1.807, 2.05) is 22.9 Å². The number of fused-ring (bicyclic) bond motifs is 1. The molecule has 2 N–H and O–H groups in total. The number of amides is 1. The number of phenolic OH excluding ortho intramolecular Hbond substituents is 1. The molecular formula is C26H23N3O6. The normalized spacial score (nSPS) is 15.9. The number of carbonyl (C=O) groups excluding carboxylic acids is 2. The molecule has 3 heterocycles. The van der Waals surface area contributed by atoms with Gasteiger partial charge in [0.1, 0.15) is 5.58 Å². The van der Waals surface area contributed by atoms with E-state index in [0.717, 1.165) is 5.39 Å². The molecule has 4 aromatic rings. The van der Waals surface area contributed by atoms with Crippen LogP contribution in [0.2, 0.25) is 0 Å². The van der Waals surface area contributed by atoms with Gasteiger partial charge < -0.3 is 28.8 Å². The first-order valence-electron chi connectivity index (χ1n) is 11.1. The first kappa shape index (κ1) is 22.3. The topological polar surface area (TPSA) is 118 Å². The van der Waals surface area contributed by atoms with Crippen molar-refractivity contribution in [3.8, 4) is 11.5 Å². The molecule has 5 rings (SSSR count). The van der Waals surface area contributed by atoms with Crippen LogP contribution in [0.4, 0.5) is 0 Å². The van der Waals surface area contributed by atoms with Crippen LogP contribution in [-0.2, 0) is 11.3 Å². The number of ketones is 1. The van der Waals surface area contributed by atoms with Gasteiger partial charge in [0.05, 0.1) is 25.1 Å². The summed E-state index contributed by atoms with van der Waals surface area (Å²) in [6.07, 6.45) is 5.73. The van der Waals surface area contributed by atoms with E-state index in [-0.39, 0.29) is 29.4 Å². The highest BCUT2D eigenvalue weighted by atomic mass is 16.5. The number of carbonyl (C=O) groups is 2. The molecule has 0 radical (unpaired) electrons. The van der Waals surface area contributed by atoms with Gasteiger partial charge in [0.2, 0.25) is 5.78 Å². The lowest BCUT2D eigenvalue weighted by atomic mass is 9.94. The molecule has 0 saturated carbocycles. The minimum absolute atomic E-state index is 0.0246. The number of hydrogen-bond acceptors (Lipinski definition) is 7. The van der Waals surface area contributed by atoms with Gasteiger partial charge in [0, 0.05) is 30.9 Å². The summed E-state index contributed by atoms with van der Waals surface area (Å²) in [6.45, 7) is 0.870. The maximum atomic E-state index is 13.6. The number of methoxy groups -OCH3 is 1. The van der Waals surface area contributed by atoms with Crippen molar-refractivity contribution in [1.29, 1.82) is 0 Å². The molecule has 178 valence electrons. The Hall–Kier alpha value is -4.53. The van der Waals surface area contributed by atoms with Crippen molar-refractivity contribution in [2.24, 2.45) is 0 Å². The fourth-order valence-electron chi connectivity index (χ4n) is 4.40. The molecule has 2 aromatic heterocycles. The van der Waals surface area contributed by atoms with Crippen molar-refractivity contribution >= 4 is 22.7 Å². The second-order valence-corrected chi connectivity index (χ2v) is 8.23. The van der Waals surface area contributed by atoms with Crippen LogP contribution in [0, 0.1) is 0 Å². The van der Waals surface area contributed by atoms with Crippen molar-refractivity contribution < 1.29 is 29.0 Å². The summed E-state index contributed by atoms with van der Waals surface area (Å²) >= 11 is 0. The molecule has 1 unspecified atom stereocenters. The van der Waals surface area contributed by atoms with E-state index in [2.05, 4.69) is 4.98 Å². The highest BCUT2D eigenvalue weighted by Gasteiger charge is 2.44. The summed E-state index contributed by atoms with van der Waals surface area (Å²) < 4.78 is 12.9. The van der Waals surface area contributed by atoms with Crippen molar-refractivity contribution in [3.63, 3.8) is 0 Å². The van der Waals surface area contributed by atoms with Crippen LogP contribution < -0.4 is 4.74 Å². The first-order valence-corrected chi connectivity index (χ1v) is 11.1. The van der Waals surface area contributed by atoms with Crippen LogP contribution in [0.25, 0.3) is 11.0 Å². The summed E-state index contributed by atoms with van der Waals surface area (Å²) in [5.41, 5.74) is 0.962. The lowest BCUT2D eigenvalue weighted by Gasteiger charge is -2.27. The summed E-state index contributed by atoms with van der Waals surface area (Å²) in [5, 5.41) is 21.7. The Morgan fingerprint density at radius 3 is 2.71 bits per heavy atom. The summed E-state index contributed by atoms with van der Waals surface area (Å²) in [7, 11) is 1.41. The zero-order chi connectivity index (χ0) is 24.5. The van der Waals surface area contributed by atoms with E-state index in [9.17, 15) is 19.8 Å². The predicted octanol–water partition coefficient (Wildman–Crippen LogP) is 4.01. The number of rotatable bonds is 8. The van der Waals surface area contributed by atoms with Crippen molar-refractivity contribution in [2.45, 2.75) is 19.0 Å². The number of aromatic hydroxyl groups is 1. The van der Waals surface area contributed by atoms with E-state index in [1.165, 1.54) is 18.1 Å². The number of para-hydroxylation sites is 1. The Kier molecular flexibility index (Phi) is 5.74. The van der Waals surface area contributed by atoms with Gasteiger partial charge in [-0.25, -0.2) is 4.98 Å². The second kappa shape index (κ2) is 9.02. The molecule has 0 saturated heterocycles. The SMILES string of the molecule is COc1cc(C2C(C(=O)c3cc4ccccc4o3)=C(O)C(=O)N2CCCn2ccnc2)ccc1O. The molecule has 35 heavy (non-hydrogen) atoms. The molecule has 1 amide bonds. The molecular weight excluding hydrogens is 450 g/mol. The van der Waals surface area contributed by atoms with Gasteiger partial charge in [-0.2, -0.15) is 0 Å². The summed E-state index contributed by atoms with van der Waals surface area (Å²) in [5.74, 6) is -1.71. The zero-order valence-electron chi connectivity index (χ0n) is 18.9. The highest BCUT2D eigenvalue weighted by molar-refractivity contribution is 6.16. The molecule has 9 heteroatoms. The Balaban J connectivity index is 1.53. The monoisotopic (exact) mass is 473 g/mol.